The summed E-state index contributed by atoms with van der Waals surface area (Å²) in [6.45, 7) is 2.00. The standard InChI is InChI=1S/C15H20N2O4/c1-15(21,8-12(18)19)9-17-14(20)13-11-5-3-2-4-10(11)6-7-16-13/h2-5,13,16,21H,6-9H2,1H3,(H,17,20)(H,18,19). The molecule has 0 saturated carbocycles. The highest BCUT2D eigenvalue weighted by Crippen LogP contribution is 2.22. The van der Waals surface area contributed by atoms with Crippen molar-refractivity contribution >= 4 is 11.9 Å². The summed E-state index contributed by atoms with van der Waals surface area (Å²) < 4.78 is 0. The first-order valence-electron chi connectivity index (χ1n) is 6.92. The molecule has 1 aromatic carbocycles. The van der Waals surface area contributed by atoms with Crippen molar-refractivity contribution in [2.75, 3.05) is 13.1 Å². The monoisotopic (exact) mass is 292 g/mol. The zero-order valence-electron chi connectivity index (χ0n) is 11.9. The van der Waals surface area contributed by atoms with Gasteiger partial charge in [0.15, 0.2) is 0 Å². The van der Waals surface area contributed by atoms with Crippen LogP contribution in [0.1, 0.15) is 30.5 Å². The summed E-state index contributed by atoms with van der Waals surface area (Å²) in [6, 6.07) is 7.26. The minimum atomic E-state index is -1.46. The van der Waals surface area contributed by atoms with Gasteiger partial charge in [-0.2, -0.15) is 0 Å². The van der Waals surface area contributed by atoms with Gasteiger partial charge in [-0.05, 0) is 24.5 Å². The molecule has 0 spiro atoms. The van der Waals surface area contributed by atoms with Gasteiger partial charge in [0.2, 0.25) is 5.91 Å². The van der Waals surface area contributed by atoms with Gasteiger partial charge in [-0.3, -0.25) is 9.59 Å². The predicted octanol–water partition coefficient (Wildman–Crippen LogP) is 0.215. The lowest BCUT2D eigenvalue weighted by Crippen LogP contribution is -2.47. The summed E-state index contributed by atoms with van der Waals surface area (Å²) in [4.78, 5) is 22.9. The smallest absolute Gasteiger partial charge is 0.306 e. The molecule has 4 N–H and O–H groups in total. The van der Waals surface area contributed by atoms with Crippen LogP contribution in [-0.4, -0.2) is 40.8 Å². The largest absolute Gasteiger partial charge is 0.481 e. The van der Waals surface area contributed by atoms with Gasteiger partial charge in [0, 0.05) is 13.1 Å². The first kappa shape index (κ1) is 15.5. The molecule has 2 atom stereocenters. The quantitative estimate of drug-likeness (QED) is 0.622. The molecule has 114 valence electrons. The predicted molar refractivity (Wildman–Crippen MR) is 76.8 cm³/mol. The first-order chi connectivity index (χ1) is 9.89. The van der Waals surface area contributed by atoms with E-state index in [9.17, 15) is 14.7 Å². The number of aliphatic carboxylic acids is 1. The van der Waals surface area contributed by atoms with Gasteiger partial charge in [0.1, 0.15) is 6.04 Å². The van der Waals surface area contributed by atoms with E-state index in [-0.39, 0.29) is 12.5 Å². The molecule has 1 amide bonds. The number of carbonyl (C=O) groups excluding carboxylic acids is 1. The third kappa shape index (κ3) is 4.03. The highest BCUT2D eigenvalue weighted by Gasteiger charge is 2.29. The summed E-state index contributed by atoms with van der Waals surface area (Å²) >= 11 is 0. The third-order valence-corrected chi connectivity index (χ3v) is 3.55. The summed E-state index contributed by atoms with van der Waals surface area (Å²) in [6.07, 6.45) is 0.457. The van der Waals surface area contributed by atoms with Crippen molar-refractivity contribution in [1.82, 2.24) is 10.6 Å². The fourth-order valence-corrected chi connectivity index (χ4v) is 2.51. The molecule has 1 aromatic rings. The van der Waals surface area contributed by atoms with E-state index in [1.54, 1.807) is 0 Å². The van der Waals surface area contributed by atoms with Crippen LogP contribution in [0.3, 0.4) is 0 Å². The molecule has 2 unspecified atom stereocenters. The first-order valence-corrected chi connectivity index (χ1v) is 6.92. The molecule has 6 nitrogen and oxygen atoms in total. The Morgan fingerprint density at radius 2 is 2.14 bits per heavy atom. The molecular formula is C15H20N2O4. The molecule has 0 bridgehead atoms. The van der Waals surface area contributed by atoms with Crippen molar-refractivity contribution in [3.8, 4) is 0 Å². The number of nitrogens with one attached hydrogen (secondary N) is 2. The number of carbonyl (C=O) groups is 2. The summed E-state index contributed by atoms with van der Waals surface area (Å²) in [7, 11) is 0. The van der Waals surface area contributed by atoms with Crippen molar-refractivity contribution in [3.05, 3.63) is 35.4 Å². The molecule has 0 aromatic heterocycles. The Kier molecular flexibility index (Phi) is 4.59. The number of aliphatic hydroxyl groups is 1. The van der Waals surface area contributed by atoms with Crippen molar-refractivity contribution in [1.29, 1.82) is 0 Å². The normalized spacial score (nSPS) is 20.2. The Labute approximate surface area is 123 Å². The van der Waals surface area contributed by atoms with Crippen molar-refractivity contribution in [2.45, 2.75) is 31.4 Å². The van der Waals surface area contributed by atoms with Crippen LogP contribution in [0.2, 0.25) is 0 Å². The summed E-state index contributed by atoms with van der Waals surface area (Å²) in [5, 5.41) is 24.4. The summed E-state index contributed by atoms with van der Waals surface area (Å²) in [5.41, 5.74) is 0.600. The van der Waals surface area contributed by atoms with E-state index in [0.29, 0.717) is 6.54 Å². The number of carboxylic acid groups (broad SMARTS) is 1. The van der Waals surface area contributed by atoms with Gasteiger partial charge in [-0.15, -0.1) is 0 Å². The maximum absolute atomic E-state index is 12.3. The van der Waals surface area contributed by atoms with Crippen LogP contribution in [-0.2, 0) is 16.0 Å². The van der Waals surface area contributed by atoms with Crippen molar-refractivity contribution < 1.29 is 19.8 Å². The fourth-order valence-electron chi connectivity index (χ4n) is 2.51. The Morgan fingerprint density at radius 3 is 2.86 bits per heavy atom. The van der Waals surface area contributed by atoms with Crippen LogP contribution in [0.5, 0.6) is 0 Å². The van der Waals surface area contributed by atoms with Crippen LogP contribution in [0.4, 0.5) is 0 Å². The zero-order chi connectivity index (χ0) is 15.5. The number of amides is 1. The second kappa shape index (κ2) is 6.24. The van der Waals surface area contributed by atoms with Gasteiger partial charge in [0.25, 0.3) is 0 Å². The van der Waals surface area contributed by atoms with E-state index in [0.717, 1.165) is 17.5 Å². The summed E-state index contributed by atoms with van der Waals surface area (Å²) in [5.74, 6) is -1.36. The highest BCUT2D eigenvalue weighted by atomic mass is 16.4. The SMILES string of the molecule is CC(O)(CNC(=O)C1NCCc2ccccc21)CC(=O)O. The number of fused-ring (bicyclic) bond motifs is 1. The molecule has 0 saturated heterocycles. The second-order valence-corrected chi connectivity index (χ2v) is 5.62. The minimum absolute atomic E-state index is 0.0987. The molecule has 1 aliphatic heterocycles. The molecule has 0 radical (unpaired) electrons. The van der Waals surface area contributed by atoms with Gasteiger partial charge in [-0.1, -0.05) is 24.3 Å². The fraction of sp³-hybridized carbons (Fsp3) is 0.467. The van der Waals surface area contributed by atoms with Crippen LogP contribution in [0.15, 0.2) is 24.3 Å². The lowest BCUT2D eigenvalue weighted by Gasteiger charge is -2.28. The van der Waals surface area contributed by atoms with E-state index in [1.807, 2.05) is 24.3 Å². The molecule has 2 rings (SSSR count). The number of hydrogen-bond donors (Lipinski definition) is 4. The number of rotatable bonds is 5. The van der Waals surface area contributed by atoms with E-state index >= 15 is 0 Å². The second-order valence-electron chi connectivity index (χ2n) is 5.62. The van der Waals surface area contributed by atoms with Gasteiger partial charge in [-0.25, -0.2) is 0 Å². The number of hydrogen-bond acceptors (Lipinski definition) is 4. The van der Waals surface area contributed by atoms with Gasteiger partial charge in [0.05, 0.1) is 12.0 Å². The zero-order valence-corrected chi connectivity index (χ0v) is 11.9. The molecule has 0 fully saturated rings. The van der Waals surface area contributed by atoms with Crippen LogP contribution < -0.4 is 10.6 Å². The molecule has 21 heavy (non-hydrogen) atoms. The average Bonchev–Trinajstić information content (AvgIpc) is 2.43. The van der Waals surface area contributed by atoms with E-state index < -0.39 is 24.0 Å². The van der Waals surface area contributed by atoms with Gasteiger partial charge < -0.3 is 20.8 Å². The Morgan fingerprint density at radius 1 is 1.43 bits per heavy atom. The minimum Gasteiger partial charge on any atom is -0.481 e. The average molecular weight is 292 g/mol. The third-order valence-electron chi connectivity index (χ3n) is 3.55. The maximum Gasteiger partial charge on any atom is 0.306 e. The van der Waals surface area contributed by atoms with E-state index in [4.69, 9.17) is 5.11 Å². The Bertz CT molecular complexity index is 542. The van der Waals surface area contributed by atoms with Crippen molar-refractivity contribution in [2.24, 2.45) is 0 Å². The topological polar surface area (TPSA) is 98.7 Å². The molecule has 0 aliphatic carbocycles. The molecule has 1 heterocycles. The highest BCUT2D eigenvalue weighted by molar-refractivity contribution is 5.84. The van der Waals surface area contributed by atoms with Crippen LogP contribution in [0, 0.1) is 0 Å². The van der Waals surface area contributed by atoms with Crippen molar-refractivity contribution in [3.63, 3.8) is 0 Å². The lowest BCUT2D eigenvalue weighted by molar-refractivity contribution is -0.142. The number of benzene rings is 1. The molecule has 6 heteroatoms. The lowest BCUT2D eigenvalue weighted by atomic mass is 9.93. The van der Waals surface area contributed by atoms with Crippen LogP contribution in [0.25, 0.3) is 0 Å². The van der Waals surface area contributed by atoms with Gasteiger partial charge >= 0.3 is 5.97 Å². The van der Waals surface area contributed by atoms with E-state index in [1.165, 1.54) is 6.92 Å². The molecule has 1 aliphatic rings. The van der Waals surface area contributed by atoms with E-state index in [2.05, 4.69) is 10.6 Å². The number of carboxylic acids is 1. The Hall–Kier alpha value is -1.92. The van der Waals surface area contributed by atoms with Crippen LogP contribution >= 0.6 is 0 Å². The molecular weight excluding hydrogens is 272 g/mol. The Balaban J connectivity index is 2.00. The maximum atomic E-state index is 12.3.